The number of nitrogens with one attached hydrogen (secondary N) is 1. The number of unbranched alkanes of at least 4 members (excludes halogenated alkanes) is 1. The molecule has 0 radical (unpaired) electrons. The fraction of sp³-hybridized carbons (Fsp3) is 0.800. The molecular weight excluding hydrogens is 150 g/mol. The fourth-order valence-corrected chi connectivity index (χ4v) is 0.969. The van der Waals surface area contributed by atoms with Crippen molar-refractivity contribution in [3.05, 3.63) is 12.7 Å². The van der Waals surface area contributed by atoms with Gasteiger partial charge >= 0.3 is 0 Å². The van der Waals surface area contributed by atoms with Crippen molar-refractivity contribution in [2.45, 2.75) is 38.7 Å². The average molecular weight is 171 g/mol. The highest BCUT2D eigenvalue weighted by Gasteiger charge is 1.98. The minimum absolute atomic E-state index is 0.128. The second-order valence-corrected chi connectivity index (χ2v) is 3.03. The van der Waals surface area contributed by atoms with Crippen LogP contribution in [0.25, 0.3) is 0 Å². The summed E-state index contributed by atoms with van der Waals surface area (Å²) in [6.45, 7) is 7.61. The maximum atomic E-state index is 9.20. The summed E-state index contributed by atoms with van der Waals surface area (Å²) < 4.78 is 0. The van der Waals surface area contributed by atoms with Gasteiger partial charge in [0.2, 0.25) is 0 Å². The van der Waals surface area contributed by atoms with E-state index < -0.39 is 0 Å². The Balaban J connectivity index is 2.95. The van der Waals surface area contributed by atoms with Crippen molar-refractivity contribution in [1.29, 1.82) is 0 Å². The molecule has 0 rings (SSSR count). The highest BCUT2D eigenvalue weighted by Crippen LogP contribution is 1.94. The third-order valence-corrected chi connectivity index (χ3v) is 1.89. The zero-order chi connectivity index (χ0) is 9.23. The number of hydrogen-bond acceptors (Lipinski definition) is 2. The van der Waals surface area contributed by atoms with E-state index in [0.29, 0.717) is 0 Å². The monoisotopic (exact) mass is 171 g/mol. The minimum Gasteiger partial charge on any atom is -0.393 e. The molecule has 0 aliphatic rings. The first-order valence-corrected chi connectivity index (χ1v) is 4.81. The van der Waals surface area contributed by atoms with Gasteiger partial charge in [-0.1, -0.05) is 13.0 Å². The molecule has 0 saturated heterocycles. The van der Waals surface area contributed by atoms with Gasteiger partial charge in [-0.25, -0.2) is 0 Å². The average Bonchev–Trinajstić information content (AvgIpc) is 2.10. The molecule has 0 saturated carbocycles. The van der Waals surface area contributed by atoms with E-state index in [4.69, 9.17) is 0 Å². The lowest BCUT2D eigenvalue weighted by atomic mass is 10.2. The molecule has 0 bridgehead atoms. The SMILES string of the molecule is C=CCCCNCCC(O)CC. The van der Waals surface area contributed by atoms with E-state index >= 15 is 0 Å². The third-order valence-electron chi connectivity index (χ3n) is 1.89. The largest absolute Gasteiger partial charge is 0.393 e. The Bertz CT molecular complexity index is 104. The van der Waals surface area contributed by atoms with Gasteiger partial charge in [-0.15, -0.1) is 6.58 Å². The summed E-state index contributed by atoms with van der Waals surface area (Å²) in [5, 5.41) is 12.5. The van der Waals surface area contributed by atoms with Crippen molar-refractivity contribution in [1.82, 2.24) is 5.32 Å². The van der Waals surface area contributed by atoms with E-state index in [1.54, 1.807) is 0 Å². The molecule has 0 aromatic rings. The summed E-state index contributed by atoms with van der Waals surface area (Å²) in [4.78, 5) is 0. The molecule has 0 aromatic carbocycles. The molecule has 1 atom stereocenters. The van der Waals surface area contributed by atoms with Crippen molar-refractivity contribution < 1.29 is 5.11 Å². The molecule has 0 amide bonds. The molecule has 0 aromatic heterocycles. The van der Waals surface area contributed by atoms with E-state index in [0.717, 1.165) is 38.8 Å². The summed E-state index contributed by atoms with van der Waals surface area (Å²) in [5.74, 6) is 0. The van der Waals surface area contributed by atoms with Gasteiger partial charge in [0.1, 0.15) is 0 Å². The minimum atomic E-state index is -0.128. The summed E-state index contributed by atoms with van der Waals surface area (Å²) in [7, 11) is 0. The first kappa shape index (κ1) is 11.7. The molecule has 1 unspecified atom stereocenters. The third kappa shape index (κ3) is 7.76. The molecule has 0 aliphatic carbocycles. The van der Waals surface area contributed by atoms with Crippen LogP contribution >= 0.6 is 0 Å². The van der Waals surface area contributed by atoms with Gasteiger partial charge in [0, 0.05) is 0 Å². The van der Waals surface area contributed by atoms with Crippen molar-refractivity contribution in [3.8, 4) is 0 Å². The molecule has 2 heteroatoms. The number of allylic oxidation sites excluding steroid dienone is 1. The lowest BCUT2D eigenvalue weighted by Gasteiger charge is -2.07. The molecule has 2 N–H and O–H groups in total. The first-order chi connectivity index (χ1) is 5.81. The molecule has 0 spiro atoms. The van der Waals surface area contributed by atoms with Crippen LogP contribution in [-0.4, -0.2) is 24.3 Å². The van der Waals surface area contributed by atoms with Gasteiger partial charge in [-0.05, 0) is 38.8 Å². The molecule has 0 fully saturated rings. The number of aliphatic hydroxyl groups excluding tert-OH is 1. The maximum Gasteiger partial charge on any atom is 0.0549 e. The Kier molecular flexibility index (Phi) is 8.51. The second-order valence-electron chi connectivity index (χ2n) is 3.03. The zero-order valence-electron chi connectivity index (χ0n) is 8.05. The number of hydrogen-bond donors (Lipinski definition) is 2. The van der Waals surface area contributed by atoms with Crippen molar-refractivity contribution >= 4 is 0 Å². The van der Waals surface area contributed by atoms with Gasteiger partial charge < -0.3 is 10.4 Å². The highest BCUT2D eigenvalue weighted by molar-refractivity contribution is 4.66. The number of aliphatic hydroxyl groups is 1. The van der Waals surface area contributed by atoms with Crippen molar-refractivity contribution in [3.63, 3.8) is 0 Å². The Labute approximate surface area is 75.7 Å². The van der Waals surface area contributed by atoms with Crippen LogP contribution in [0, 0.1) is 0 Å². The van der Waals surface area contributed by atoms with Crippen LogP contribution in [0.5, 0.6) is 0 Å². The Morgan fingerprint density at radius 3 is 2.83 bits per heavy atom. The van der Waals surface area contributed by atoms with Crippen LogP contribution in [-0.2, 0) is 0 Å². The van der Waals surface area contributed by atoms with Crippen LogP contribution in [0.4, 0.5) is 0 Å². The van der Waals surface area contributed by atoms with E-state index in [1.807, 2.05) is 13.0 Å². The topological polar surface area (TPSA) is 32.3 Å². The van der Waals surface area contributed by atoms with Crippen molar-refractivity contribution in [2.24, 2.45) is 0 Å². The van der Waals surface area contributed by atoms with Crippen LogP contribution in [0.2, 0.25) is 0 Å². The summed E-state index contributed by atoms with van der Waals surface area (Å²) in [6.07, 6.45) is 5.74. The highest BCUT2D eigenvalue weighted by atomic mass is 16.3. The molecule has 72 valence electrons. The van der Waals surface area contributed by atoms with Gasteiger partial charge in [-0.2, -0.15) is 0 Å². The normalized spacial score (nSPS) is 12.8. The summed E-state index contributed by atoms with van der Waals surface area (Å²) in [5.41, 5.74) is 0. The van der Waals surface area contributed by atoms with E-state index in [1.165, 1.54) is 0 Å². The smallest absolute Gasteiger partial charge is 0.0549 e. The Morgan fingerprint density at radius 2 is 2.25 bits per heavy atom. The summed E-state index contributed by atoms with van der Waals surface area (Å²) >= 11 is 0. The fourth-order valence-electron chi connectivity index (χ4n) is 0.969. The quantitative estimate of drug-likeness (QED) is 0.430. The molecule has 2 nitrogen and oxygen atoms in total. The van der Waals surface area contributed by atoms with E-state index in [2.05, 4.69) is 11.9 Å². The van der Waals surface area contributed by atoms with Crippen LogP contribution < -0.4 is 5.32 Å². The summed E-state index contributed by atoms with van der Waals surface area (Å²) in [6, 6.07) is 0. The standard InChI is InChI=1S/C10H21NO/c1-3-5-6-8-11-9-7-10(12)4-2/h3,10-12H,1,4-9H2,2H3. The molecular formula is C10H21NO. The molecule has 0 heterocycles. The van der Waals surface area contributed by atoms with Crippen LogP contribution in [0.15, 0.2) is 12.7 Å². The van der Waals surface area contributed by atoms with Gasteiger partial charge in [-0.3, -0.25) is 0 Å². The molecule has 0 aliphatic heterocycles. The first-order valence-electron chi connectivity index (χ1n) is 4.81. The predicted molar refractivity (Wildman–Crippen MR) is 53.2 cm³/mol. The van der Waals surface area contributed by atoms with E-state index in [-0.39, 0.29) is 6.10 Å². The van der Waals surface area contributed by atoms with Crippen LogP contribution in [0.3, 0.4) is 0 Å². The second kappa shape index (κ2) is 8.75. The number of rotatable bonds is 8. The van der Waals surface area contributed by atoms with Crippen LogP contribution in [0.1, 0.15) is 32.6 Å². The lowest BCUT2D eigenvalue weighted by molar-refractivity contribution is 0.160. The maximum absolute atomic E-state index is 9.20. The molecule has 12 heavy (non-hydrogen) atoms. The van der Waals surface area contributed by atoms with Gasteiger partial charge in [0.15, 0.2) is 0 Å². The van der Waals surface area contributed by atoms with Crippen molar-refractivity contribution in [2.75, 3.05) is 13.1 Å². The lowest BCUT2D eigenvalue weighted by Crippen LogP contribution is -2.20. The Hall–Kier alpha value is -0.340. The predicted octanol–water partition coefficient (Wildman–Crippen LogP) is 1.70. The zero-order valence-corrected chi connectivity index (χ0v) is 8.05. The van der Waals surface area contributed by atoms with Gasteiger partial charge in [0.25, 0.3) is 0 Å². The van der Waals surface area contributed by atoms with E-state index in [9.17, 15) is 5.11 Å². The Morgan fingerprint density at radius 1 is 1.50 bits per heavy atom. The van der Waals surface area contributed by atoms with Gasteiger partial charge in [0.05, 0.1) is 6.10 Å².